The summed E-state index contributed by atoms with van der Waals surface area (Å²) >= 11 is 0. The fourth-order valence-corrected chi connectivity index (χ4v) is 3.65. The van der Waals surface area contributed by atoms with Crippen molar-refractivity contribution < 1.29 is 9.32 Å². The van der Waals surface area contributed by atoms with E-state index in [0.717, 1.165) is 30.5 Å². The average molecular weight is 284 g/mol. The Labute approximate surface area is 122 Å². The van der Waals surface area contributed by atoms with E-state index >= 15 is 0 Å². The van der Waals surface area contributed by atoms with Crippen molar-refractivity contribution in [2.24, 2.45) is 0 Å². The molecule has 0 unspecified atom stereocenters. The van der Waals surface area contributed by atoms with Crippen LogP contribution in [0.25, 0.3) is 0 Å². The van der Waals surface area contributed by atoms with Crippen molar-refractivity contribution in [2.75, 3.05) is 0 Å². The Morgan fingerprint density at radius 1 is 1.38 bits per heavy atom. The zero-order valence-electron chi connectivity index (χ0n) is 12.0. The van der Waals surface area contributed by atoms with Gasteiger partial charge in [-0.2, -0.15) is 0 Å². The number of aryl methyl sites for hydroxylation is 2. The molecule has 6 nitrogen and oxygen atoms in total. The van der Waals surface area contributed by atoms with Gasteiger partial charge in [0.05, 0.1) is 17.4 Å². The van der Waals surface area contributed by atoms with Crippen LogP contribution in [0.1, 0.15) is 52.0 Å². The predicted octanol–water partition coefficient (Wildman–Crippen LogP) is 1.98. The molecule has 2 atom stereocenters. The lowest BCUT2D eigenvalue weighted by molar-refractivity contribution is 0.0641. The molecule has 1 fully saturated rings. The molecule has 0 saturated carbocycles. The summed E-state index contributed by atoms with van der Waals surface area (Å²) < 4.78 is 5.15. The SMILES string of the molecule is Cc1noc(C)c1C(=O)N1[C@H]2CC[C@H]1c1cncnc1C2. The normalized spacial score (nSPS) is 23.2. The molecule has 21 heavy (non-hydrogen) atoms. The number of amides is 1. The van der Waals surface area contributed by atoms with Crippen LogP contribution < -0.4 is 0 Å². The highest BCUT2D eigenvalue weighted by Gasteiger charge is 2.44. The maximum Gasteiger partial charge on any atom is 0.260 e. The van der Waals surface area contributed by atoms with Crippen LogP contribution in [0.3, 0.4) is 0 Å². The number of aromatic nitrogens is 3. The van der Waals surface area contributed by atoms with Gasteiger partial charge in [-0.1, -0.05) is 5.16 Å². The van der Waals surface area contributed by atoms with Crippen molar-refractivity contribution in [2.45, 2.75) is 45.2 Å². The first-order valence-electron chi connectivity index (χ1n) is 7.21. The first kappa shape index (κ1) is 12.5. The first-order chi connectivity index (χ1) is 10.2. The van der Waals surface area contributed by atoms with Crippen LogP contribution in [0.5, 0.6) is 0 Å². The van der Waals surface area contributed by atoms with Gasteiger partial charge in [0, 0.05) is 24.2 Å². The van der Waals surface area contributed by atoms with Gasteiger partial charge in [-0.3, -0.25) is 4.79 Å². The number of rotatable bonds is 1. The molecule has 1 amide bonds. The third-order valence-electron chi connectivity index (χ3n) is 4.60. The fourth-order valence-electron chi connectivity index (χ4n) is 3.65. The molecule has 108 valence electrons. The second-order valence-electron chi connectivity index (χ2n) is 5.79. The van der Waals surface area contributed by atoms with Gasteiger partial charge in [0.15, 0.2) is 0 Å². The highest BCUT2D eigenvalue weighted by molar-refractivity contribution is 5.97. The summed E-state index contributed by atoms with van der Waals surface area (Å²) in [5.74, 6) is 0.611. The van der Waals surface area contributed by atoms with Gasteiger partial charge in [0.2, 0.25) is 0 Å². The number of carbonyl (C=O) groups is 1. The maximum absolute atomic E-state index is 13.0. The maximum atomic E-state index is 13.0. The lowest BCUT2D eigenvalue weighted by Gasteiger charge is -2.35. The van der Waals surface area contributed by atoms with Crippen molar-refractivity contribution in [3.05, 3.63) is 40.8 Å². The van der Waals surface area contributed by atoms with Crippen molar-refractivity contribution >= 4 is 5.91 Å². The molecule has 2 aromatic heterocycles. The lowest BCUT2D eigenvalue weighted by atomic mass is 9.98. The zero-order valence-corrected chi connectivity index (χ0v) is 12.0. The van der Waals surface area contributed by atoms with Gasteiger partial charge in [-0.25, -0.2) is 9.97 Å². The summed E-state index contributed by atoms with van der Waals surface area (Å²) in [6.07, 6.45) is 6.23. The van der Waals surface area contributed by atoms with Crippen LogP contribution in [-0.2, 0) is 6.42 Å². The molecular weight excluding hydrogens is 268 g/mol. The van der Waals surface area contributed by atoms with E-state index in [1.54, 1.807) is 13.3 Å². The molecule has 2 aliphatic rings. The van der Waals surface area contributed by atoms with Crippen LogP contribution in [0.2, 0.25) is 0 Å². The molecule has 0 aromatic carbocycles. The molecule has 2 bridgehead atoms. The lowest BCUT2D eigenvalue weighted by Crippen LogP contribution is -2.42. The summed E-state index contributed by atoms with van der Waals surface area (Å²) in [6, 6.07) is 0.305. The van der Waals surface area contributed by atoms with Gasteiger partial charge in [-0.15, -0.1) is 0 Å². The third-order valence-corrected chi connectivity index (χ3v) is 4.60. The Kier molecular flexibility index (Phi) is 2.60. The van der Waals surface area contributed by atoms with Crippen LogP contribution in [0.15, 0.2) is 17.0 Å². The molecule has 0 N–H and O–H groups in total. The highest BCUT2D eigenvalue weighted by atomic mass is 16.5. The minimum Gasteiger partial charge on any atom is -0.361 e. The predicted molar refractivity (Wildman–Crippen MR) is 73.6 cm³/mol. The Bertz CT molecular complexity index is 705. The molecule has 4 rings (SSSR count). The van der Waals surface area contributed by atoms with Crippen LogP contribution >= 0.6 is 0 Å². The topological polar surface area (TPSA) is 72.1 Å². The molecule has 2 aromatic rings. The molecule has 4 heterocycles. The van der Waals surface area contributed by atoms with E-state index in [1.165, 1.54) is 0 Å². The van der Waals surface area contributed by atoms with Gasteiger partial charge >= 0.3 is 0 Å². The van der Waals surface area contributed by atoms with E-state index in [1.807, 2.05) is 18.0 Å². The summed E-state index contributed by atoms with van der Waals surface area (Å²) in [6.45, 7) is 3.60. The van der Waals surface area contributed by atoms with Crippen molar-refractivity contribution in [1.29, 1.82) is 0 Å². The average Bonchev–Trinajstić information content (AvgIpc) is 2.98. The van der Waals surface area contributed by atoms with Crippen LogP contribution in [0, 0.1) is 13.8 Å². The minimum atomic E-state index is 0.0215. The standard InChI is InChI=1S/C15H16N4O2/c1-8-14(9(2)21-18-8)15(20)19-10-3-4-13(19)11-6-16-7-17-12(11)5-10/h6-7,10,13H,3-5H2,1-2H3/t10-,13-/m0/s1. The van der Waals surface area contributed by atoms with Crippen molar-refractivity contribution in [3.8, 4) is 0 Å². The van der Waals surface area contributed by atoms with Crippen LogP contribution in [-0.4, -0.2) is 32.0 Å². The Balaban J connectivity index is 1.76. The van der Waals surface area contributed by atoms with E-state index in [0.29, 0.717) is 17.0 Å². The number of carbonyl (C=O) groups excluding carboxylic acids is 1. The monoisotopic (exact) mass is 284 g/mol. The number of hydrogen-bond donors (Lipinski definition) is 0. The third kappa shape index (κ3) is 1.71. The molecule has 0 spiro atoms. The highest BCUT2D eigenvalue weighted by Crippen LogP contribution is 2.43. The van der Waals surface area contributed by atoms with E-state index < -0.39 is 0 Å². The van der Waals surface area contributed by atoms with E-state index in [-0.39, 0.29) is 18.0 Å². The largest absolute Gasteiger partial charge is 0.361 e. The van der Waals surface area contributed by atoms with Crippen LogP contribution in [0.4, 0.5) is 0 Å². The molecule has 0 radical (unpaired) electrons. The number of fused-ring (bicyclic) bond motifs is 4. The minimum absolute atomic E-state index is 0.0215. The fraction of sp³-hybridized carbons (Fsp3) is 0.467. The molecule has 6 heteroatoms. The summed E-state index contributed by atoms with van der Waals surface area (Å²) in [7, 11) is 0. The smallest absolute Gasteiger partial charge is 0.260 e. The van der Waals surface area contributed by atoms with Gasteiger partial charge in [-0.05, 0) is 26.7 Å². The van der Waals surface area contributed by atoms with Crippen molar-refractivity contribution in [3.63, 3.8) is 0 Å². The summed E-state index contributed by atoms with van der Waals surface area (Å²) in [5.41, 5.74) is 3.44. The van der Waals surface area contributed by atoms with E-state index in [2.05, 4.69) is 15.1 Å². The second-order valence-corrected chi connectivity index (χ2v) is 5.79. The van der Waals surface area contributed by atoms with Gasteiger partial charge in [0.1, 0.15) is 17.7 Å². The number of nitrogens with zero attached hydrogens (tertiary/aromatic N) is 4. The van der Waals surface area contributed by atoms with E-state index in [9.17, 15) is 4.79 Å². The molecule has 2 aliphatic heterocycles. The first-order valence-corrected chi connectivity index (χ1v) is 7.21. The summed E-state index contributed by atoms with van der Waals surface area (Å²) in [5, 5.41) is 3.90. The van der Waals surface area contributed by atoms with E-state index in [4.69, 9.17) is 4.52 Å². The van der Waals surface area contributed by atoms with Crippen molar-refractivity contribution in [1.82, 2.24) is 20.0 Å². The molecule has 0 aliphatic carbocycles. The zero-order chi connectivity index (χ0) is 14.6. The van der Waals surface area contributed by atoms with Gasteiger partial charge < -0.3 is 9.42 Å². The molecule has 1 saturated heterocycles. The quantitative estimate of drug-likeness (QED) is 0.800. The number of hydrogen-bond acceptors (Lipinski definition) is 5. The Hall–Kier alpha value is -2.24. The Morgan fingerprint density at radius 3 is 3.00 bits per heavy atom. The molecular formula is C15H16N4O2. The van der Waals surface area contributed by atoms with Gasteiger partial charge in [0.25, 0.3) is 5.91 Å². The summed E-state index contributed by atoms with van der Waals surface area (Å²) in [4.78, 5) is 23.4. The Morgan fingerprint density at radius 2 is 2.24 bits per heavy atom. The second kappa shape index (κ2) is 4.38.